The van der Waals surface area contributed by atoms with E-state index in [2.05, 4.69) is 18.8 Å². The number of hydrogen-bond acceptors (Lipinski definition) is 2. The first-order chi connectivity index (χ1) is 9.76. The second kappa shape index (κ2) is 7.12. The van der Waals surface area contributed by atoms with Crippen LogP contribution >= 0.6 is 0 Å². The van der Waals surface area contributed by atoms with Crippen LogP contribution in [0.15, 0.2) is 18.2 Å². The number of anilines is 1. The Morgan fingerprint density at radius 3 is 2.90 bits per heavy atom. The van der Waals surface area contributed by atoms with E-state index >= 15 is 0 Å². The third kappa shape index (κ3) is 3.40. The van der Waals surface area contributed by atoms with Gasteiger partial charge in [-0.1, -0.05) is 25.2 Å². The maximum Gasteiger partial charge on any atom is 0.226 e. The van der Waals surface area contributed by atoms with Crippen LogP contribution in [0.3, 0.4) is 0 Å². The highest BCUT2D eigenvalue weighted by molar-refractivity contribution is 5.94. The maximum atomic E-state index is 12.2. The van der Waals surface area contributed by atoms with Gasteiger partial charge in [-0.05, 0) is 43.0 Å². The van der Waals surface area contributed by atoms with E-state index in [-0.39, 0.29) is 12.5 Å². The summed E-state index contributed by atoms with van der Waals surface area (Å²) in [4.78, 5) is 14.1. The summed E-state index contributed by atoms with van der Waals surface area (Å²) < 4.78 is 0. The van der Waals surface area contributed by atoms with Crippen molar-refractivity contribution in [3.63, 3.8) is 0 Å². The molecule has 0 saturated carbocycles. The number of carbonyl (C=O) groups excluding carboxylic acids is 1. The fourth-order valence-corrected chi connectivity index (χ4v) is 2.59. The summed E-state index contributed by atoms with van der Waals surface area (Å²) in [6.45, 7) is 2.77. The minimum absolute atomic E-state index is 0.131. The van der Waals surface area contributed by atoms with Gasteiger partial charge in [-0.2, -0.15) is 0 Å². The molecule has 1 heterocycles. The summed E-state index contributed by atoms with van der Waals surface area (Å²) in [5.74, 6) is 5.81. The number of rotatable bonds is 2. The molecule has 1 aromatic rings. The highest BCUT2D eigenvalue weighted by atomic mass is 16.2. The van der Waals surface area contributed by atoms with Gasteiger partial charge < -0.3 is 10.0 Å². The Kier molecular flexibility index (Phi) is 5.20. The molecule has 1 amide bonds. The average Bonchev–Trinajstić information content (AvgIpc) is 2.69. The highest BCUT2D eigenvalue weighted by Gasteiger charge is 2.20. The molecule has 2 rings (SSSR count). The predicted octanol–water partition coefficient (Wildman–Crippen LogP) is 2.50. The molecule has 1 saturated heterocycles. The number of aryl methyl sites for hydroxylation is 1. The first kappa shape index (κ1) is 14.6. The topological polar surface area (TPSA) is 40.5 Å². The second-order valence-electron chi connectivity index (χ2n) is 5.01. The van der Waals surface area contributed by atoms with Crippen molar-refractivity contribution in [2.45, 2.75) is 39.0 Å². The lowest BCUT2D eigenvalue weighted by Crippen LogP contribution is -2.30. The van der Waals surface area contributed by atoms with Gasteiger partial charge >= 0.3 is 0 Å². The molecule has 0 spiro atoms. The number of hydrogen-bond donors (Lipinski definition) is 1. The van der Waals surface area contributed by atoms with Crippen molar-refractivity contribution in [1.82, 2.24) is 0 Å². The first-order valence-electron chi connectivity index (χ1n) is 7.29. The summed E-state index contributed by atoms with van der Waals surface area (Å²) in [5, 5.41) is 8.75. The third-order valence-electron chi connectivity index (χ3n) is 3.64. The maximum absolute atomic E-state index is 12.2. The number of carbonyl (C=O) groups is 1. The normalized spacial score (nSPS) is 15.5. The Labute approximate surface area is 120 Å². The molecule has 0 atom stereocenters. The van der Waals surface area contributed by atoms with E-state index in [4.69, 9.17) is 5.11 Å². The molecule has 1 aliphatic heterocycles. The quantitative estimate of drug-likeness (QED) is 0.840. The standard InChI is InChI=1S/C17H21NO2/c1-2-15-13-14(7-6-12-19)9-10-16(15)18-11-5-3-4-8-17(18)20/h9-10,13,19H,2-5,8,11-12H2,1H3. The number of amides is 1. The summed E-state index contributed by atoms with van der Waals surface area (Å²) >= 11 is 0. The highest BCUT2D eigenvalue weighted by Crippen LogP contribution is 2.26. The van der Waals surface area contributed by atoms with Crippen LogP contribution in [-0.4, -0.2) is 24.2 Å². The average molecular weight is 271 g/mol. The Balaban J connectivity index is 2.32. The van der Waals surface area contributed by atoms with Crippen LogP contribution in [-0.2, 0) is 11.2 Å². The van der Waals surface area contributed by atoms with Gasteiger partial charge in [0.25, 0.3) is 0 Å². The van der Waals surface area contributed by atoms with Gasteiger partial charge in [0.05, 0.1) is 0 Å². The lowest BCUT2D eigenvalue weighted by molar-refractivity contribution is -0.118. The number of aliphatic hydroxyl groups is 1. The van der Waals surface area contributed by atoms with E-state index in [1.165, 1.54) is 0 Å². The monoisotopic (exact) mass is 271 g/mol. The molecule has 1 fully saturated rings. The molecule has 1 aliphatic rings. The molecular formula is C17H21NO2. The van der Waals surface area contributed by atoms with Crippen LogP contribution in [0.25, 0.3) is 0 Å². The van der Waals surface area contributed by atoms with E-state index in [0.717, 1.165) is 49.0 Å². The van der Waals surface area contributed by atoms with Gasteiger partial charge in [0.1, 0.15) is 6.61 Å². The molecule has 0 bridgehead atoms. The zero-order chi connectivity index (χ0) is 14.4. The van der Waals surface area contributed by atoms with Crippen molar-refractivity contribution in [1.29, 1.82) is 0 Å². The van der Waals surface area contributed by atoms with Crippen molar-refractivity contribution >= 4 is 11.6 Å². The Bertz CT molecular complexity index is 540. The molecule has 0 unspecified atom stereocenters. The zero-order valence-electron chi connectivity index (χ0n) is 12.0. The molecule has 1 aromatic carbocycles. The lowest BCUT2D eigenvalue weighted by atomic mass is 10.0. The minimum atomic E-state index is -0.131. The summed E-state index contributed by atoms with van der Waals surface area (Å²) in [7, 11) is 0. The lowest BCUT2D eigenvalue weighted by Gasteiger charge is -2.23. The van der Waals surface area contributed by atoms with E-state index in [1.807, 2.05) is 23.1 Å². The van der Waals surface area contributed by atoms with Crippen LogP contribution in [0, 0.1) is 11.8 Å². The summed E-state index contributed by atoms with van der Waals surface area (Å²) in [5.41, 5.74) is 3.06. The molecule has 1 N–H and O–H groups in total. The number of nitrogens with zero attached hydrogens (tertiary/aromatic N) is 1. The predicted molar refractivity (Wildman–Crippen MR) is 80.6 cm³/mol. The molecular weight excluding hydrogens is 250 g/mol. The van der Waals surface area contributed by atoms with E-state index in [0.29, 0.717) is 6.42 Å². The Morgan fingerprint density at radius 1 is 1.30 bits per heavy atom. The van der Waals surface area contributed by atoms with Crippen molar-refractivity contribution in [2.24, 2.45) is 0 Å². The van der Waals surface area contributed by atoms with Gasteiger partial charge in [-0.3, -0.25) is 4.79 Å². The first-order valence-corrected chi connectivity index (χ1v) is 7.29. The number of aliphatic hydroxyl groups excluding tert-OH is 1. The van der Waals surface area contributed by atoms with Crippen molar-refractivity contribution < 1.29 is 9.90 Å². The zero-order valence-corrected chi connectivity index (χ0v) is 12.0. The Morgan fingerprint density at radius 2 is 2.15 bits per heavy atom. The second-order valence-corrected chi connectivity index (χ2v) is 5.01. The largest absolute Gasteiger partial charge is 0.384 e. The van der Waals surface area contributed by atoms with Crippen LogP contribution in [0.2, 0.25) is 0 Å². The molecule has 3 nitrogen and oxygen atoms in total. The van der Waals surface area contributed by atoms with Crippen molar-refractivity contribution in [3.8, 4) is 11.8 Å². The van der Waals surface area contributed by atoms with E-state index < -0.39 is 0 Å². The van der Waals surface area contributed by atoms with Crippen LogP contribution in [0.4, 0.5) is 5.69 Å². The van der Waals surface area contributed by atoms with Gasteiger partial charge in [-0.15, -0.1) is 0 Å². The summed E-state index contributed by atoms with van der Waals surface area (Å²) in [6.07, 6.45) is 4.71. The molecule has 106 valence electrons. The van der Waals surface area contributed by atoms with Crippen LogP contribution in [0.5, 0.6) is 0 Å². The van der Waals surface area contributed by atoms with Gasteiger partial charge in [0.2, 0.25) is 5.91 Å². The van der Waals surface area contributed by atoms with Gasteiger partial charge in [-0.25, -0.2) is 0 Å². The molecule has 0 radical (unpaired) electrons. The fourth-order valence-electron chi connectivity index (χ4n) is 2.59. The Hall–Kier alpha value is -1.79. The van der Waals surface area contributed by atoms with Crippen molar-refractivity contribution in [2.75, 3.05) is 18.1 Å². The van der Waals surface area contributed by atoms with Gasteiger partial charge in [0, 0.05) is 24.2 Å². The van der Waals surface area contributed by atoms with Gasteiger partial charge in [0.15, 0.2) is 0 Å². The van der Waals surface area contributed by atoms with Crippen LogP contribution in [0.1, 0.15) is 43.7 Å². The molecule has 0 aliphatic carbocycles. The van der Waals surface area contributed by atoms with Crippen LogP contribution < -0.4 is 4.90 Å². The molecule has 3 heteroatoms. The minimum Gasteiger partial charge on any atom is -0.384 e. The molecule has 20 heavy (non-hydrogen) atoms. The number of benzene rings is 1. The van der Waals surface area contributed by atoms with E-state index in [1.54, 1.807) is 0 Å². The summed E-state index contributed by atoms with van der Waals surface area (Å²) in [6, 6.07) is 5.94. The third-order valence-corrected chi connectivity index (χ3v) is 3.64. The SMILES string of the molecule is CCc1cc(C#CCO)ccc1N1CCCCCC1=O. The van der Waals surface area contributed by atoms with E-state index in [9.17, 15) is 4.79 Å². The van der Waals surface area contributed by atoms with Crippen molar-refractivity contribution in [3.05, 3.63) is 29.3 Å². The smallest absolute Gasteiger partial charge is 0.226 e. The fraction of sp³-hybridized carbons (Fsp3) is 0.471. The molecule has 0 aromatic heterocycles.